The van der Waals surface area contributed by atoms with Crippen LogP contribution in [0.4, 0.5) is 0 Å². The lowest BCUT2D eigenvalue weighted by atomic mass is 10.2. The fourth-order valence-corrected chi connectivity index (χ4v) is 1.13. The minimum atomic E-state index is -0.262. The molecule has 0 bridgehead atoms. The van der Waals surface area contributed by atoms with Crippen LogP contribution in [-0.4, -0.2) is 15.2 Å². The summed E-state index contributed by atoms with van der Waals surface area (Å²) >= 11 is 3.12. The number of hydrogen-bond donors (Lipinski definition) is 0. The summed E-state index contributed by atoms with van der Waals surface area (Å²) in [4.78, 5) is 15.4. The topological polar surface area (TPSA) is 44.1 Å². The molecule has 1 aromatic heterocycles. The molecule has 0 saturated carbocycles. The molecule has 0 radical (unpaired) electrons. The van der Waals surface area contributed by atoms with Crippen LogP contribution in [0.5, 0.6) is 0 Å². The summed E-state index contributed by atoms with van der Waals surface area (Å²) in [5.41, 5.74) is -0.397. The van der Waals surface area contributed by atoms with Crippen molar-refractivity contribution in [3.05, 3.63) is 27.4 Å². The Balaban J connectivity index is 2.78. The van der Waals surface area contributed by atoms with Crippen LogP contribution in [0.25, 0.3) is 0 Å². The molecular weight excluding hydrogens is 248 g/mol. The van der Waals surface area contributed by atoms with E-state index in [1.54, 1.807) is 0 Å². The van der Waals surface area contributed by atoms with Gasteiger partial charge in [-0.25, -0.2) is 4.98 Å². The lowest BCUT2D eigenvalue weighted by molar-refractivity contribution is -0.0450. The smallest absolute Gasteiger partial charge is 0.269 e. The molecule has 4 nitrogen and oxygen atoms in total. The summed E-state index contributed by atoms with van der Waals surface area (Å²) in [5.74, 6) is 0. The molecule has 0 amide bonds. The van der Waals surface area contributed by atoms with E-state index in [1.165, 1.54) is 17.1 Å². The van der Waals surface area contributed by atoms with Crippen LogP contribution in [0.2, 0.25) is 0 Å². The van der Waals surface area contributed by atoms with Gasteiger partial charge >= 0.3 is 0 Å². The van der Waals surface area contributed by atoms with E-state index >= 15 is 0 Å². The summed E-state index contributed by atoms with van der Waals surface area (Å²) in [6, 6.07) is 0. The Bertz CT molecular complexity index is 368. The third-order valence-corrected chi connectivity index (χ3v) is 2.04. The van der Waals surface area contributed by atoms with Crippen LogP contribution in [0, 0.1) is 0 Å². The van der Waals surface area contributed by atoms with E-state index in [9.17, 15) is 4.79 Å². The number of nitrogens with zero attached hydrogens (tertiary/aromatic N) is 2. The van der Waals surface area contributed by atoms with Gasteiger partial charge in [-0.2, -0.15) is 0 Å². The quantitative estimate of drug-likeness (QED) is 0.815. The molecule has 0 N–H and O–H groups in total. The summed E-state index contributed by atoms with van der Waals surface area (Å²) in [7, 11) is 0. The highest BCUT2D eigenvalue weighted by Crippen LogP contribution is 2.07. The normalized spacial score (nSPS) is 11.7. The van der Waals surface area contributed by atoms with E-state index in [0.29, 0.717) is 4.47 Å². The average molecular weight is 261 g/mol. The van der Waals surface area contributed by atoms with E-state index < -0.39 is 0 Å². The van der Waals surface area contributed by atoms with Gasteiger partial charge in [0.2, 0.25) is 0 Å². The second kappa shape index (κ2) is 4.23. The highest BCUT2D eigenvalue weighted by molar-refractivity contribution is 9.10. The molecule has 14 heavy (non-hydrogen) atoms. The SMILES string of the molecule is CC(C)(C)OCn1cncc(Br)c1=O. The molecule has 78 valence electrons. The second-order valence-corrected chi connectivity index (χ2v) is 4.76. The molecule has 1 rings (SSSR count). The zero-order valence-electron chi connectivity index (χ0n) is 8.45. The van der Waals surface area contributed by atoms with E-state index in [2.05, 4.69) is 20.9 Å². The maximum atomic E-state index is 11.5. The Morgan fingerprint density at radius 1 is 1.57 bits per heavy atom. The summed E-state index contributed by atoms with van der Waals surface area (Å²) in [6.07, 6.45) is 2.93. The Morgan fingerprint density at radius 2 is 2.21 bits per heavy atom. The van der Waals surface area contributed by atoms with Gasteiger partial charge in [-0.1, -0.05) is 0 Å². The molecule has 1 heterocycles. The predicted molar refractivity (Wildman–Crippen MR) is 57.0 cm³/mol. The fraction of sp³-hybridized carbons (Fsp3) is 0.556. The molecule has 1 aromatic rings. The van der Waals surface area contributed by atoms with Crippen molar-refractivity contribution in [3.63, 3.8) is 0 Å². The minimum absolute atomic E-state index is 0.135. The molecular formula is C9H13BrN2O2. The zero-order valence-corrected chi connectivity index (χ0v) is 10.0. The molecule has 5 heteroatoms. The maximum Gasteiger partial charge on any atom is 0.269 e. The second-order valence-electron chi connectivity index (χ2n) is 3.90. The molecule has 0 saturated heterocycles. The number of halogens is 1. The largest absolute Gasteiger partial charge is 0.355 e. The Hall–Kier alpha value is -0.680. The summed E-state index contributed by atoms with van der Waals surface area (Å²) in [6.45, 7) is 6.02. The lowest BCUT2D eigenvalue weighted by Crippen LogP contribution is -2.27. The lowest BCUT2D eigenvalue weighted by Gasteiger charge is -2.19. The van der Waals surface area contributed by atoms with Crippen molar-refractivity contribution in [2.45, 2.75) is 33.1 Å². The monoisotopic (exact) mass is 260 g/mol. The minimum Gasteiger partial charge on any atom is -0.355 e. The predicted octanol–water partition coefficient (Wildman–Crippen LogP) is 1.78. The molecule has 0 aliphatic rings. The third-order valence-electron chi connectivity index (χ3n) is 1.50. The van der Waals surface area contributed by atoms with Gasteiger partial charge in [0, 0.05) is 6.20 Å². The van der Waals surface area contributed by atoms with Crippen LogP contribution >= 0.6 is 15.9 Å². The molecule has 0 fully saturated rings. The maximum absolute atomic E-state index is 11.5. The van der Waals surface area contributed by atoms with E-state index in [0.717, 1.165) is 0 Å². The van der Waals surface area contributed by atoms with Crippen molar-refractivity contribution >= 4 is 15.9 Å². The van der Waals surface area contributed by atoms with Gasteiger partial charge in [-0.15, -0.1) is 0 Å². The first-order valence-corrected chi connectivity index (χ1v) is 5.03. The first kappa shape index (κ1) is 11.4. The van der Waals surface area contributed by atoms with Crippen LogP contribution in [0.15, 0.2) is 21.8 Å². The van der Waals surface area contributed by atoms with Gasteiger partial charge in [0.05, 0.1) is 11.9 Å². The van der Waals surface area contributed by atoms with E-state index in [4.69, 9.17) is 4.74 Å². The standard InChI is InChI=1S/C9H13BrN2O2/c1-9(2,3)14-6-12-5-11-4-7(10)8(12)13/h4-5H,6H2,1-3H3. The number of aromatic nitrogens is 2. The highest BCUT2D eigenvalue weighted by Gasteiger charge is 2.10. The molecule has 0 atom stereocenters. The molecule has 0 aliphatic heterocycles. The fourth-order valence-electron chi connectivity index (χ4n) is 0.779. The van der Waals surface area contributed by atoms with Gasteiger partial charge in [0.15, 0.2) is 0 Å². The van der Waals surface area contributed by atoms with E-state index in [1.807, 2.05) is 20.8 Å². The van der Waals surface area contributed by atoms with Crippen LogP contribution < -0.4 is 5.56 Å². The van der Waals surface area contributed by atoms with Gasteiger partial charge < -0.3 is 4.74 Å². The first-order valence-electron chi connectivity index (χ1n) is 4.24. The van der Waals surface area contributed by atoms with E-state index in [-0.39, 0.29) is 17.9 Å². The van der Waals surface area contributed by atoms with Crippen molar-refractivity contribution in [2.75, 3.05) is 0 Å². The summed E-state index contributed by atoms with van der Waals surface area (Å²) < 4.78 is 7.31. The van der Waals surface area contributed by atoms with Crippen LogP contribution in [-0.2, 0) is 11.5 Å². The van der Waals surface area contributed by atoms with Crippen LogP contribution in [0.3, 0.4) is 0 Å². The average Bonchev–Trinajstić information content (AvgIpc) is 2.06. The highest BCUT2D eigenvalue weighted by atomic mass is 79.9. The zero-order chi connectivity index (χ0) is 10.8. The van der Waals surface area contributed by atoms with Crippen molar-refractivity contribution in [1.29, 1.82) is 0 Å². The van der Waals surface area contributed by atoms with Gasteiger partial charge in [0.1, 0.15) is 11.2 Å². The van der Waals surface area contributed by atoms with Crippen LogP contribution in [0.1, 0.15) is 20.8 Å². The van der Waals surface area contributed by atoms with Gasteiger partial charge in [-0.3, -0.25) is 9.36 Å². The van der Waals surface area contributed by atoms with Crippen molar-refractivity contribution in [3.8, 4) is 0 Å². The first-order chi connectivity index (χ1) is 6.40. The number of ether oxygens (including phenoxy) is 1. The molecule has 0 aromatic carbocycles. The van der Waals surface area contributed by atoms with Crippen molar-refractivity contribution < 1.29 is 4.74 Å². The summed E-state index contributed by atoms with van der Waals surface area (Å²) in [5, 5.41) is 0. The van der Waals surface area contributed by atoms with Gasteiger partial charge in [-0.05, 0) is 36.7 Å². The van der Waals surface area contributed by atoms with Gasteiger partial charge in [0.25, 0.3) is 5.56 Å². The van der Waals surface area contributed by atoms with Crippen molar-refractivity contribution in [1.82, 2.24) is 9.55 Å². The Morgan fingerprint density at radius 3 is 2.79 bits per heavy atom. The van der Waals surface area contributed by atoms with Crippen molar-refractivity contribution in [2.24, 2.45) is 0 Å². The molecule has 0 spiro atoms. The Labute approximate surface area is 91.0 Å². The number of hydrogen-bond acceptors (Lipinski definition) is 3. The number of rotatable bonds is 2. The molecule has 0 aliphatic carbocycles. The Kier molecular flexibility index (Phi) is 3.44. The third kappa shape index (κ3) is 3.23. The molecule has 0 unspecified atom stereocenters.